The number of pyridine rings is 1. The van der Waals surface area contributed by atoms with Gasteiger partial charge in [-0.1, -0.05) is 12.5 Å². The molecule has 7 rings (SSSR count). The minimum Gasteiger partial charge on any atom is -0.368 e. The van der Waals surface area contributed by atoms with E-state index >= 15 is 0 Å². The summed E-state index contributed by atoms with van der Waals surface area (Å²) in [4.78, 5) is 9.01. The molecule has 1 saturated carbocycles. The summed E-state index contributed by atoms with van der Waals surface area (Å²) in [7, 11) is 0. The Kier molecular flexibility index (Phi) is 6.00. The molecule has 0 bridgehead atoms. The number of benzene rings is 1. The Morgan fingerprint density at radius 1 is 0.842 bits per heavy atom. The molecule has 0 saturated heterocycles. The zero-order chi connectivity index (χ0) is 25.5. The zero-order valence-electron chi connectivity index (χ0n) is 21.5. The first-order chi connectivity index (χ1) is 18.7. The Labute approximate surface area is 222 Å². The van der Waals surface area contributed by atoms with Crippen LogP contribution in [0.25, 0.3) is 17.1 Å². The highest BCUT2D eigenvalue weighted by Gasteiger charge is 2.24. The molecule has 194 valence electrons. The minimum atomic E-state index is 0.275. The number of nitrogen functional groups attached to an aromatic ring is 1. The molecule has 1 atom stereocenters. The number of anilines is 3. The lowest BCUT2D eigenvalue weighted by Crippen LogP contribution is -2.42. The van der Waals surface area contributed by atoms with E-state index in [0.717, 1.165) is 66.3 Å². The van der Waals surface area contributed by atoms with Gasteiger partial charge in [0.15, 0.2) is 5.82 Å². The van der Waals surface area contributed by atoms with Crippen LogP contribution in [0.1, 0.15) is 60.9 Å². The topological polar surface area (TPSA) is 119 Å². The fourth-order valence-corrected chi connectivity index (χ4v) is 5.97. The first kappa shape index (κ1) is 23.3. The fraction of sp³-hybridized carbons (Fsp3) is 0.414. The van der Waals surface area contributed by atoms with Crippen LogP contribution < -0.4 is 16.4 Å². The Hall–Kier alpha value is -3.85. The van der Waals surface area contributed by atoms with Gasteiger partial charge in [-0.3, -0.25) is 4.98 Å². The summed E-state index contributed by atoms with van der Waals surface area (Å²) in [5, 5.41) is 20.9. The molecule has 3 heterocycles. The van der Waals surface area contributed by atoms with Crippen molar-refractivity contribution in [3.05, 3.63) is 65.0 Å². The average molecular weight is 508 g/mol. The highest BCUT2D eigenvalue weighted by atomic mass is 15.4. The molecule has 0 amide bonds. The summed E-state index contributed by atoms with van der Waals surface area (Å²) in [6, 6.07) is 14.0. The predicted octanol–water partition coefficient (Wildman–Crippen LogP) is 4.32. The largest absolute Gasteiger partial charge is 0.368 e. The number of hydrogen-bond acceptors (Lipinski definition) is 8. The summed E-state index contributed by atoms with van der Waals surface area (Å²) in [5.74, 6) is 1.30. The van der Waals surface area contributed by atoms with E-state index in [4.69, 9.17) is 5.73 Å². The Balaban J connectivity index is 1.09. The standard InChI is InChI=1S/C29H33N9/c30-28-34-29(33-23-14-10-18-9-12-22(13-11-19(18)16-23)32-21-5-2-6-21)37-38(28)26-17-20-4-1-8-25-24(7-3-15-31-25)27(20)36-35-26/h3,7,10,14-17,21-22,32H,1-2,4-6,8-9,11-13H2,(H3,30,33,34,37)/t22-/m0/s1. The van der Waals surface area contributed by atoms with Crippen molar-refractivity contribution in [1.29, 1.82) is 0 Å². The van der Waals surface area contributed by atoms with Crippen molar-refractivity contribution in [3.8, 4) is 17.1 Å². The maximum atomic E-state index is 6.28. The fourth-order valence-electron chi connectivity index (χ4n) is 5.97. The Bertz CT molecular complexity index is 1470. The summed E-state index contributed by atoms with van der Waals surface area (Å²) in [6.45, 7) is 0. The molecule has 4 aromatic rings. The van der Waals surface area contributed by atoms with E-state index < -0.39 is 0 Å². The van der Waals surface area contributed by atoms with E-state index in [-0.39, 0.29) is 5.95 Å². The predicted molar refractivity (Wildman–Crippen MR) is 148 cm³/mol. The Morgan fingerprint density at radius 2 is 1.71 bits per heavy atom. The molecule has 1 aromatic carbocycles. The number of aromatic nitrogens is 6. The molecular formula is C29H33N9. The van der Waals surface area contributed by atoms with E-state index in [1.807, 2.05) is 18.3 Å². The number of hydrogen-bond donors (Lipinski definition) is 3. The van der Waals surface area contributed by atoms with Crippen molar-refractivity contribution < 1.29 is 0 Å². The number of aryl methyl sites for hydroxylation is 4. The molecule has 9 nitrogen and oxygen atoms in total. The second-order valence-electron chi connectivity index (χ2n) is 10.8. The van der Waals surface area contributed by atoms with E-state index in [0.29, 0.717) is 17.8 Å². The van der Waals surface area contributed by atoms with Crippen molar-refractivity contribution in [2.24, 2.45) is 0 Å². The molecule has 3 aliphatic carbocycles. The van der Waals surface area contributed by atoms with Crippen molar-refractivity contribution in [2.75, 3.05) is 11.1 Å². The van der Waals surface area contributed by atoms with Crippen LogP contribution in [-0.2, 0) is 25.7 Å². The summed E-state index contributed by atoms with van der Waals surface area (Å²) in [6.07, 6.45) is 13.3. The minimum absolute atomic E-state index is 0.275. The third-order valence-corrected chi connectivity index (χ3v) is 8.28. The molecule has 3 aliphatic rings. The Morgan fingerprint density at radius 3 is 2.58 bits per heavy atom. The SMILES string of the molecule is Nc1nc(Nc2ccc3c(c2)CC[C@@H](NC2CCC2)CC3)nn1-c1cc2c(nn1)-c1cccnc1CCC2. The quantitative estimate of drug-likeness (QED) is 0.342. The third-order valence-electron chi connectivity index (χ3n) is 8.28. The van der Waals surface area contributed by atoms with Crippen LogP contribution in [-0.4, -0.2) is 42.0 Å². The van der Waals surface area contributed by atoms with Crippen LogP contribution in [0.15, 0.2) is 42.6 Å². The molecule has 9 heteroatoms. The van der Waals surface area contributed by atoms with E-state index in [1.165, 1.54) is 43.2 Å². The van der Waals surface area contributed by atoms with Crippen molar-refractivity contribution in [1.82, 2.24) is 35.3 Å². The first-order valence-electron chi connectivity index (χ1n) is 13.9. The lowest BCUT2D eigenvalue weighted by Gasteiger charge is -2.31. The zero-order valence-corrected chi connectivity index (χ0v) is 21.5. The smallest absolute Gasteiger partial charge is 0.248 e. The van der Waals surface area contributed by atoms with Crippen LogP contribution in [0, 0.1) is 0 Å². The maximum Gasteiger partial charge on any atom is 0.248 e. The molecule has 0 radical (unpaired) electrons. The molecule has 1 fully saturated rings. The van der Waals surface area contributed by atoms with Crippen LogP contribution in [0.4, 0.5) is 17.6 Å². The van der Waals surface area contributed by atoms with Crippen LogP contribution >= 0.6 is 0 Å². The molecule has 0 aliphatic heterocycles. The van der Waals surface area contributed by atoms with Gasteiger partial charge in [0.2, 0.25) is 11.9 Å². The average Bonchev–Trinajstić information content (AvgIpc) is 3.06. The van der Waals surface area contributed by atoms with Crippen LogP contribution in [0.5, 0.6) is 0 Å². The molecule has 0 unspecified atom stereocenters. The molecule has 4 N–H and O–H groups in total. The van der Waals surface area contributed by atoms with E-state index in [2.05, 4.69) is 60.2 Å². The number of nitrogens with one attached hydrogen (secondary N) is 2. The van der Waals surface area contributed by atoms with E-state index in [1.54, 1.807) is 4.68 Å². The third kappa shape index (κ3) is 4.51. The van der Waals surface area contributed by atoms with Gasteiger partial charge in [0, 0.05) is 35.2 Å². The lowest BCUT2D eigenvalue weighted by molar-refractivity contribution is 0.291. The summed E-state index contributed by atoms with van der Waals surface area (Å²) < 4.78 is 1.56. The summed E-state index contributed by atoms with van der Waals surface area (Å²) in [5.41, 5.74) is 14.3. The molecule has 3 aromatic heterocycles. The van der Waals surface area contributed by atoms with Crippen LogP contribution in [0.2, 0.25) is 0 Å². The van der Waals surface area contributed by atoms with E-state index in [9.17, 15) is 0 Å². The van der Waals surface area contributed by atoms with Gasteiger partial charge < -0.3 is 16.4 Å². The highest BCUT2D eigenvalue weighted by Crippen LogP contribution is 2.31. The number of fused-ring (bicyclic) bond motifs is 4. The van der Waals surface area contributed by atoms with Gasteiger partial charge in [-0.05, 0) is 105 Å². The molecular weight excluding hydrogens is 474 g/mol. The highest BCUT2D eigenvalue weighted by molar-refractivity contribution is 5.67. The van der Waals surface area contributed by atoms with Gasteiger partial charge in [-0.2, -0.15) is 9.67 Å². The lowest BCUT2D eigenvalue weighted by atomic mass is 9.91. The van der Waals surface area contributed by atoms with Crippen LogP contribution in [0.3, 0.4) is 0 Å². The number of nitrogens with two attached hydrogens (primary N) is 1. The second-order valence-corrected chi connectivity index (χ2v) is 10.8. The number of rotatable bonds is 5. The summed E-state index contributed by atoms with van der Waals surface area (Å²) >= 11 is 0. The van der Waals surface area contributed by atoms with Gasteiger partial charge in [-0.15, -0.1) is 15.3 Å². The monoisotopic (exact) mass is 507 g/mol. The van der Waals surface area contributed by atoms with Gasteiger partial charge in [-0.25, -0.2) is 0 Å². The molecule has 0 spiro atoms. The van der Waals surface area contributed by atoms with Gasteiger partial charge in [0.1, 0.15) is 0 Å². The van der Waals surface area contributed by atoms with Crippen molar-refractivity contribution in [2.45, 2.75) is 76.3 Å². The second kappa shape index (κ2) is 9.79. The maximum absolute atomic E-state index is 6.28. The van der Waals surface area contributed by atoms with Crippen molar-refractivity contribution in [3.63, 3.8) is 0 Å². The van der Waals surface area contributed by atoms with Gasteiger partial charge in [0.25, 0.3) is 0 Å². The normalized spacial score (nSPS) is 18.9. The van der Waals surface area contributed by atoms with Gasteiger partial charge >= 0.3 is 0 Å². The number of nitrogens with zero attached hydrogens (tertiary/aromatic N) is 6. The van der Waals surface area contributed by atoms with Crippen molar-refractivity contribution >= 4 is 17.6 Å². The van der Waals surface area contributed by atoms with Gasteiger partial charge in [0.05, 0.1) is 5.69 Å². The molecule has 38 heavy (non-hydrogen) atoms. The first-order valence-corrected chi connectivity index (χ1v) is 13.9.